The molecule has 1 atom stereocenters. The molecule has 2 aromatic rings. The van der Waals surface area contributed by atoms with Gasteiger partial charge in [-0.25, -0.2) is 0 Å². The van der Waals surface area contributed by atoms with Gasteiger partial charge in [-0.1, -0.05) is 54.4 Å². The predicted molar refractivity (Wildman–Crippen MR) is 92.1 cm³/mol. The topological polar surface area (TPSA) is 26.0 Å². The van der Waals surface area contributed by atoms with Gasteiger partial charge in [0.05, 0.1) is 5.02 Å². The van der Waals surface area contributed by atoms with Crippen LogP contribution in [0.5, 0.6) is 0 Å². The lowest BCUT2D eigenvalue weighted by atomic mass is 9.77. The van der Waals surface area contributed by atoms with Crippen molar-refractivity contribution in [2.75, 3.05) is 5.75 Å². The Labute approximate surface area is 135 Å². The Morgan fingerprint density at radius 1 is 1.10 bits per heavy atom. The van der Waals surface area contributed by atoms with Gasteiger partial charge in [-0.05, 0) is 42.0 Å². The summed E-state index contributed by atoms with van der Waals surface area (Å²) < 4.78 is 0. The van der Waals surface area contributed by atoms with Gasteiger partial charge in [-0.15, -0.1) is 11.8 Å². The average molecular weight is 318 g/mol. The first-order valence-electron chi connectivity index (χ1n) is 7.47. The summed E-state index contributed by atoms with van der Waals surface area (Å²) >= 11 is 7.94. The molecule has 0 amide bonds. The molecule has 1 fully saturated rings. The lowest BCUT2D eigenvalue weighted by Gasteiger charge is -2.29. The molecule has 0 spiro atoms. The Kier molecular flexibility index (Phi) is 4.89. The molecular formula is C18H20ClNS. The van der Waals surface area contributed by atoms with Crippen LogP contribution < -0.4 is 5.73 Å². The van der Waals surface area contributed by atoms with Crippen molar-refractivity contribution in [1.29, 1.82) is 0 Å². The van der Waals surface area contributed by atoms with Gasteiger partial charge in [-0.2, -0.15) is 0 Å². The van der Waals surface area contributed by atoms with Crippen molar-refractivity contribution in [3.8, 4) is 0 Å². The van der Waals surface area contributed by atoms with Gasteiger partial charge in [0.15, 0.2) is 0 Å². The van der Waals surface area contributed by atoms with E-state index < -0.39 is 0 Å². The van der Waals surface area contributed by atoms with Crippen molar-refractivity contribution in [1.82, 2.24) is 0 Å². The van der Waals surface area contributed by atoms with Gasteiger partial charge in [-0.3, -0.25) is 0 Å². The van der Waals surface area contributed by atoms with Gasteiger partial charge < -0.3 is 5.73 Å². The number of rotatable bonds is 5. The molecule has 1 nitrogen and oxygen atoms in total. The van der Waals surface area contributed by atoms with Crippen LogP contribution in [-0.4, -0.2) is 5.75 Å². The SMILES string of the molecule is NC(CSc1ccccc1Cl)c1ccccc1C1CCC1. The second kappa shape index (κ2) is 6.87. The normalized spacial score (nSPS) is 16.5. The summed E-state index contributed by atoms with van der Waals surface area (Å²) in [4.78, 5) is 1.11. The molecule has 3 rings (SSSR count). The molecule has 0 bridgehead atoms. The van der Waals surface area contributed by atoms with Crippen LogP contribution in [0.3, 0.4) is 0 Å². The van der Waals surface area contributed by atoms with Crippen molar-refractivity contribution in [3.05, 3.63) is 64.7 Å². The van der Waals surface area contributed by atoms with Crippen molar-refractivity contribution in [2.45, 2.75) is 36.1 Å². The molecule has 110 valence electrons. The molecule has 3 heteroatoms. The third-order valence-electron chi connectivity index (χ3n) is 4.20. The quantitative estimate of drug-likeness (QED) is 0.747. The fraction of sp³-hybridized carbons (Fsp3) is 0.333. The highest BCUT2D eigenvalue weighted by molar-refractivity contribution is 7.99. The molecule has 0 heterocycles. The third kappa shape index (κ3) is 3.45. The van der Waals surface area contributed by atoms with Crippen molar-refractivity contribution in [2.24, 2.45) is 5.73 Å². The maximum atomic E-state index is 6.45. The molecule has 1 saturated carbocycles. The number of nitrogens with two attached hydrogens (primary N) is 1. The molecular weight excluding hydrogens is 298 g/mol. The Morgan fingerprint density at radius 3 is 2.52 bits per heavy atom. The van der Waals surface area contributed by atoms with E-state index in [0.29, 0.717) is 0 Å². The molecule has 1 unspecified atom stereocenters. The number of thioether (sulfide) groups is 1. The fourth-order valence-corrected chi connectivity index (χ4v) is 3.99. The summed E-state index contributed by atoms with van der Waals surface area (Å²) in [5.41, 5.74) is 9.21. The summed E-state index contributed by atoms with van der Waals surface area (Å²) in [7, 11) is 0. The van der Waals surface area contributed by atoms with Gasteiger partial charge in [0, 0.05) is 16.7 Å². The highest BCUT2D eigenvalue weighted by Gasteiger charge is 2.23. The van der Waals surface area contributed by atoms with E-state index in [-0.39, 0.29) is 6.04 Å². The predicted octanol–water partition coefficient (Wildman–Crippen LogP) is 5.40. The summed E-state index contributed by atoms with van der Waals surface area (Å²) in [5.74, 6) is 1.57. The van der Waals surface area contributed by atoms with Crippen LogP contribution >= 0.6 is 23.4 Å². The Morgan fingerprint density at radius 2 is 1.81 bits per heavy atom. The van der Waals surface area contributed by atoms with E-state index in [1.165, 1.54) is 30.4 Å². The first-order valence-corrected chi connectivity index (χ1v) is 8.84. The van der Waals surface area contributed by atoms with E-state index in [1.807, 2.05) is 18.2 Å². The highest BCUT2D eigenvalue weighted by atomic mass is 35.5. The summed E-state index contributed by atoms with van der Waals surface area (Å²) in [6.45, 7) is 0. The number of benzene rings is 2. The molecule has 2 aromatic carbocycles. The smallest absolute Gasteiger partial charge is 0.0541 e. The summed E-state index contributed by atoms with van der Waals surface area (Å²) in [5, 5.41) is 0.807. The van der Waals surface area contributed by atoms with Crippen molar-refractivity contribution < 1.29 is 0 Å². The van der Waals surface area contributed by atoms with E-state index in [9.17, 15) is 0 Å². The van der Waals surface area contributed by atoms with Crippen LogP contribution in [-0.2, 0) is 0 Å². The first-order chi connectivity index (χ1) is 10.3. The van der Waals surface area contributed by atoms with Crippen molar-refractivity contribution in [3.63, 3.8) is 0 Å². The van der Waals surface area contributed by atoms with Gasteiger partial charge in [0.2, 0.25) is 0 Å². The van der Waals surface area contributed by atoms with Crippen LogP contribution in [0.25, 0.3) is 0 Å². The first kappa shape index (κ1) is 15.0. The second-order valence-corrected chi connectivity index (χ2v) is 7.07. The molecule has 0 radical (unpaired) electrons. The van der Waals surface area contributed by atoms with Crippen LogP contribution in [0, 0.1) is 0 Å². The maximum Gasteiger partial charge on any atom is 0.0541 e. The Hall–Kier alpha value is -0.960. The van der Waals surface area contributed by atoms with E-state index in [4.69, 9.17) is 17.3 Å². The average Bonchev–Trinajstić information content (AvgIpc) is 2.45. The maximum absolute atomic E-state index is 6.45. The van der Waals surface area contributed by atoms with Crippen LogP contribution in [0.1, 0.15) is 42.3 Å². The zero-order valence-electron chi connectivity index (χ0n) is 12.0. The standard InChI is InChI=1S/C18H20ClNS/c19-16-10-3-4-11-18(16)21-12-17(20)15-9-2-1-8-14(15)13-6-5-7-13/h1-4,8-11,13,17H,5-7,12,20H2. The molecule has 1 aliphatic carbocycles. The minimum absolute atomic E-state index is 0.0584. The Bertz CT molecular complexity index is 610. The number of hydrogen-bond acceptors (Lipinski definition) is 2. The number of halogens is 1. The molecule has 0 aliphatic heterocycles. The van der Waals surface area contributed by atoms with Crippen molar-refractivity contribution >= 4 is 23.4 Å². The number of hydrogen-bond donors (Lipinski definition) is 1. The van der Waals surface area contributed by atoms with Crippen LogP contribution in [0.2, 0.25) is 5.02 Å². The summed E-state index contributed by atoms with van der Waals surface area (Å²) in [6.07, 6.45) is 3.96. The second-order valence-electron chi connectivity index (χ2n) is 5.60. The minimum atomic E-state index is 0.0584. The zero-order chi connectivity index (χ0) is 14.7. The summed E-state index contributed by atoms with van der Waals surface area (Å²) in [6, 6.07) is 16.7. The van der Waals surface area contributed by atoms with E-state index in [0.717, 1.165) is 21.6 Å². The van der Waals surface area contributed by atoms with Crippen LogP contribution in [0.4, 0.5) is 0 Å². The van der Waals surface area contributed by atoms with Gasteiger partial charge in [0.25, 0.3) is 0 Å². The van der Waals surface area contributed by atoms with Gasteiger partial charge >= 0.3 is 0 Å². The van der Waals surface area contributed by atoms with E-state index >= 15 is 0 Å². The highest BCUT2D eigenvalue weighted by Crippen LogP contribution is 2.40. The van der Waals surface area contributed by atoms with Crippen LogP contribution in [0.15, 0.2) is 53.4 Å². The van der Waals surface area contributed by atoms with E-state index in [2.05, 4.69) is 30.3 Å². The van der Waals surface area contributed by atoms with E-state index in [1.54, 1.807) is 11.8 Å². The largest absolute Gasteiger partial charge is 0.323 e. The lowest BCUT2D eigenvalue weighted by molar-refractivity contribution is 0.416. The fourth-order valence-electron chi connectivity index (χ4n) is 2.77. The molecule has 0 saturated heterocycles. The monoisotopic (exact) mass is 317 g/mol. The molecule has 21 heavy (non-hydrogen) atoms. The molecule has 1 aliphatic rings. The lowest BCUT2D eigenvalue weighted by Crippen LogP contribution is -2.19. The molecule has 2 N–H and O–H groups in total. The van der Waals surface area contributed by atoms with Gasteiger partial charge in [0.1, 0.15) is 0 Å². The Balaban J connectivity index is 1.71. The third-order valence-corrected chi connectivity index (χ3v) is 5.83. The zero-order valence-corrected chi connectivity index (χ0v) is 13.5. The molecule has 0 aromatic heterocycles. The minimum Gasteiger partial charge on any atom is -0.323 e.